The van der Waals surface area contributed by atoms with Gasteiger partial charge >= 0.3 is 0 Å². The van der Waals surface area contributed by atoms with E-state index in [2.05, 4.69) is 15.5 Å². The third kappa shape index (κ3) is 5.20. The zero-order valence-electron chi connectivity index (χ0n) is 14.8. The maximum Gasteiger partial charge on any atom is 0.261 e. The number of rotatable bonds is 5. The number of ether oxygens (including phenoxy) is 1. The molecule has 7 nitrogen and oxygen atoms in total. The van der Waals surface area contributed by atoms with E-state index in [4.69, 9.17) is 32.7 Å². The topological polar surface area (TPSA) is 105 Å². The summed E-state index contributed by atoms with van der Waals surface area (Å²) in [5, 5.41) is 9.94. The molecule has 3 aromatic rings. The lowest BCUT2D eigenvalue weighted by molar-refractivity contribution is 0.102. The van der Waals surface area contributed by atoms with Gasteiger partial charge in [0, 0.05) is 16.8 Å². The van der Waals surface area contributed by atoms with Gasteiger partial charge in [0.05, 0.1) is 14.8 Å². The van der Waals surface area contributed by atoms with Gasteiger partial charge in [0.25, 0.3) is 11.8 Å². The number of anilines is 1. The van der Waals surface area contributed by atoms with Gasteiger partial charge in [-0.25, -0.2) is 13.4 Å². The molecule has 2 N–H and O–H groups in total. The van der Waals surface area contributed by atoms with Crippen LogP contribution in [-0.4, -0.2) is 26.6 Å². The quantitative estimate of drug-likeness (QED) is 0.563. The van der Waals surface area contributed by atoms with E-state index < -0.39 is 21.5 Å². The molecule has 2 aromatic carbocycles. The highest BCUT2D eigenvalue weighted by Crippen LogP contribution is 2.31. The summed E-state index contributed by atoms with van der Waals surface area (Å²) in [5.41, 5.74) is 0.256. The molecule has 0 aliphatic heterocycles. The lowest BCUT2D eigenvalue weighted by Crippen LogP contribution is -2.14. The molecule has 0 saturated carbocycles. The minimum absolute atomic E-state index is 0.0195. The SMILES string of the molecule is CS(=N)(=O)c1cccc(NC(=O)c2cc(Cl)nnc2Oc2ccc(F)cc2Cl)c1. The Morgan fingerprint density at radius 3 is 2.62 bits per heavy atom. The second-order valence-electron chi connectivity index (χ2n) is 5.89. The van der Waals surface area contributed by atoms with E-state index in [1.165, 1.54) is 30.5 Å². The van der Waals surface area contributed by atoms with Gasteiger partial charge in [0.1, 0.15) is 17.1 Å². The Hall–Kier alpha value is -2.75. The van der Waals surface area contributed by atoms with Crippen molar-refractivity contribution in [2.24, 2.45) is 0 Å². The number of hydrogen-bond donors (Lipinski definition) is 2. The van der Waals surface area contributed by atoms with E-state index in [0.29, 0.717) is 5.69 Å². The molecule has 29 heavy (non-hydrogen) atoms. The van der Waals surface area contributed by atoms with Gasteiger partial charge in [-0.1, -0.05) is 29.3 Å². The van der Waals surface area contributed by atoms with E-state index in [-0.39, 0.29) is 32.3 Å². The molecule has 3 rings (SSSR count). The van der Waals surface area contributed by atoms with Crippen LogP contribution < -0.4 is 10.1 Å². The predicted octanol–water partition coefficient (Wildman–Crippen LogP) is 5.00. The summed E-state index contributed by atoms with van der Waals surface area (Å²) < 4.78 is 38.3. The van der Waals surface area contributed by atoms with Crippen LogP contribution in [-0.2, 0) is 9.73 Å². The van der Waals surface area contributed by atoms with Crippen molar-refractivity contribution in [2.75, 3.05) is 11.6 Å². The average molecular weight is 455 g/mol. The lowest BCUT2D eigenvalue weighted by Gasteiger charge is -2.12. The molecule has 11 heteroatoms. The van der Waals surface area contributed by atoms with Crippen LogP contribution in [0.4, 0.5) is 10.1 Å². The number of carbonyl (C=O) groups is 1. The molecule has 1 amide bonds. The first-order chi connectivity index (χ1) is 13.6. The van der Waals surface area contributed by atoms with Crippen molar-refractivity contribution in [2.45, 2.75) is 4.90 Å². The maximum absolute atomic E-state index is 13.2. The number of hydrogen-bond acceptors (Lipinski definition) is 6. The minimum Gasteiger partial charge on any atom is -0.435 e. The molecular weight excluding hydrogens is 442 g/mol. The predicted molar refractivity (Wildman–Crippen MR) is 108 cm³/mol. The van der Waals surface area contributed by atoms with Gasteiger partial charge in [-0.2, -0.15) is 0 Å². The second-order valence-corrected chi connectivity index (χ2v) is 8.84. The minimum atomic E-state index is -2.95. The monoisotopic (exact) mass is 454 g/mol. The molecule has 1 atom stereocenters. The van der Waals surface area contributed by atoms with Crippen LogP contribution in [0.15, 0.2) is 53.4 Å². The number of nitrogens with one attached hydrogen (secondary N) is 2. The number of aromatic nitrogens is 2. The van der Waals surface area contributed by atoms with Crippen molar-refractivity contribution >= 4 is 44.5 Å². The van der Waals surface area contributed by atoms with E-state index in [1.54, 1.807) is 12.1 Å². The fourth-order valence-electron chi connectivity index (χ4n) is 2.27. The van der Waals surface area contributed by atoms with Gasteiger partial charge in [0.15, 0.2) is 5.15 Å². The zero-order valence-corrected chi connectivity index (χ0v) is 17.1. The highest BCUT2D eigenvalue weighted by Gasteiger charge is 2.19. The Bertz CT molecular complexity index is 1210. The van der Waals surface area contributed by atoms with Gasteiger partial charge in [-0.15, -0.1) is 10.2 Å². The van der Waals surface area contributed by atoms with E-state index in [1.807, 2.05) is 0 Å². The summed E-state index contributed by atoms with van der Waals surface area (Å²) in [4.78, 5) is 13.0. The zero-order chi connectivity index (χ0) is 21.2. The van der Waals surface area contributed by atoms with Crippen LogP contribution >= 0.6 is 23.2 Å². The number of benzene rings is 2. The molecule has 150 valence electrons. The molecule has 1 heterocycles. The molecular formula is C18H13Cl2FN4O3S. The van der Waals surface area contributed by atoms with Gasteiger partial charge in [-0.05, 0) is 42.5 Å². The van der Waals surface area contributed by atoms with Crippen LogP contribution in [0, 0.1) is 10.6 Å². The third-order valence-corrected chi connectivity index (χ3v) is 5.25. The van der Waals surface area contributed by atoms with E-state index in [9.17, 15) is 13.4 Å². The summed E-state index contributed by atoms with van der Waals surface area (Å²) in [6, 6.07) is 10.8. The second kappa shape index (κ2) is 8.32. The molecule has 0 bridgehead atoms. The Balaban J connectivity index is 1.92. The molecule has 0 aliphatic rings. The van der Waals surface area contributed by atoms with Crippen molar-refractivity contribution in [1.82, 2.24) is 10.2 Å². The van der Waals surface area contributed by atoms with Crippen LogP contribution in [0.3, 0.4) is 0 Å². The van der Waals surface area contributed by atoms with Crippen LogP contribution in [0.1, 0.15) is 10.4 Å². The number of amides is 1. The van der Waals surface area contributed by atoms with Gasteiger partial charge in [-0.3, -0.25) is 4.79 Å². The van der Waals surface area contributed by atoms with Crippen LogP contribution in [0.25, 0.3) is 0 Å². The normalized spacial score (nSPS) is 12.8. The fraction of sp³-hybridized carbons (Fsp3) is 0.0556. The molecule has 0 saturated heterocycles. The largest absolute Gasteiger partial charge is 0.435 e. The first-order valence-electron chi connectivity index (χ1n) is 7.95. The van der Waals surface area contributed by atoms with Gasteiger partial charge < -0.3 is 10.1 Å². The van der Waals surface area contributed by atoms with E-state index >= 15 is 0 Å². The summed E-state index contributed by atoms with van der Waals surface area (Å²) in [7, 11) is -2.95. The Morgan fingerprint density at radius 2 is 1.93 bits per heavy atom. The summed E-state index contributed by atoms with van der Waals surface area (Å²) in [6.45, 7) is 0. The van der Waals surface area contributed by atoms with Crippen molar-refractivity contribution in [1.29, 1.82) is 4.78 Å². The third-order valence-electron chi connectivity index (χ3n) is 3.62. The number of halogens is 3. The van der Waals surface area contributed by atoms with Crippen molar-refractivity contribution in [3.8, 4) is 11.6 Å². The highest BCUT2D eigenvalue weighted by atomic mass is 35.5. The Morgan fingerprint density at radius 1 is 1.17 bits per heavy atom. The summed E-state index contributed by atoms with van der Waals surface area (Å²) in [6.07, 6.45) is 1.28. The van der Waals surface area contributed by atoms with Gasteiger partial charge in [0.2, 0.25) is 0 Å². The fourth-order valence-corrected chi connectivity index (χ4v) is 3.31. The first kappa shape index (κ1) is 21.0. The standard InChI is InChI=1S/C18H13Cl2FN4O3S/c1-29(22,27)12-4-2-3-11(8-12)23-17(26)13-9-16(20)24-25-18(13)28-15-6-5-10(21)7-14(15)19/h2-9,22H,1H3,(H,23,26). The average Bonchev–Trinajstić information content (AvgIpc) is 2.64. The summed E-state index contributed by atoms with van der Waals surface area (Å²) >= 11 is 11.8. The first-order valence-corrected chi connectivity index (χ1v) is 10.7. The van der Waals surface area contributed by atoms with Crippen molar-refractivity contribution in [3.05, 3.63) is 70.1 Å². The smallest absolute Gasteiger partial charge is 0.261 e. The number of nitrogens with zero attached hydrogens (tertiary/aromatic N) is 2. The molecule has 0 aliphatic carbocycles. The lowest BCUT2D eigenvalue weighted by atomic mass is 10.2. The molecule has 0 spiro atoms. The maximum atomic E-state index is 13.2. The van der Waals surface area contributed by atoms with Crippen molar-refractivity contribution < 1.29 is 18.1 Å². The number of carbonyl (C=O) groups excluding carboxylic acids is 1. The Kier molecular flexibility index (Phi) is 6.02. The molecule has 0 radical (unpaired) electrons. The molecule has 0 fully saturated rings. The molecule has 1 unspecified atom stereocenters. The van der Waals surface area contributed by atoms with Crippen molar-refractivity contribution in [3.63, 3.8) is 0 Å². The summed E-state index contributed by atoms with van der Waals surface area (Å²) in [5.74, 6) is -1.32. The highest BCUT2D eigenvalue weighted by molar-refractivity contribution is 7.91. The van der Waals surface area contributed by atoms with E-state index in [0.717, 1.165) is 12.1 Å². The Labute approximate surface area is 175 Å². The van der Waals surface area contributed by atoms with Crippen LogP contribution in [0.5, 0.6) is 11.6 Å². The molecule has 1 aromatic heterocycles. The van der Waals surface area contributed by atoms with Crippen LogP contribution in [0.2, 0.25) is 10.2 Å².